The Morgan fingerprint density at radius 2 is 1.80 bits per heavy atom. The summed E-state index contributed by atoms with van der Waals surface area (Å²) in [5, 5.41) is 10.6. The van der Waals surface area contributed by atoms with Gasteiger partial charge in [0.25, 0.3) is 0 Å². The average molecular weight is 209 g/mol. The number of nitrogens with one attached hydrogen (secondary N) is 1. The standard InChI is InChI=1S/C10H8FNO3/c11-7-1-3-8(4-2-7)12-9(13)5-6-10(14)15/h1-6H,(H,12,13)(H,14,15)/b6-5-. The van der Waals surface area contributed by atoms with Crippen LogP contribution >= 0.6 is 0 Å². The number of anilines is 1. The maximum Gasteiger partial charge on any atom is 0.328 e. The number of hydrogen-bond acceptors (Lipinski definition) is 2. The Balaban J connectivity index is 2.59. The first-order valence-electron chi connectivity index (χ1n) is 4.05. The first-order chi connectivity index (χ1) is 7.08. The van der Waals surface area contributed by atoms with Crippen molar-refractivity contribution >= 4 is 17.6 Å². The van der Waals surface area contributed by atoms with Crippen LogP contribution in [0.2, 0.25) is 0 Å². The van der Waals surface area contributed by atoms with Crippen molar-refractivity contribution in [2.24, 2.45) is 0 Å². The van der Waals surface area contributed by atoms with Crippen molar-refractivity contribution in [3.63, 3.8) is 0 Å². The molecule has 2 N–H and O–H groups in total. The van der Waals surface area contributed by atoms with Gasteiger partial charge in [-0.3, -0.25) is 4.79 Å². The summed E-state index contributed by atoms with van der Waals surface area (Å²) < 4.78 is 12.5. The molecule has 0 radical (unpaired) electrons. The van der Waals surface area contributed by atoms with Crippen LogP contribution in [0.3, 0.4) is 0 Å². The molecule has 0 aliphatic heterocycles. The molecular weight excluding hydrogens is 201 g/mol. The molecule has 1 aromatic rings. The summed E-state index contributed by atoms with van der Waals surface area (Å²) in [5.74, 6) is -2.19. The molecule has 0 bridgehead atoms. The van der Waals surface area contributed by atoms with Crippen molar-refractivity contribution in [1.29, 1.82) is 0 Å². The van der Waals surface area contributed by atoms with E-state index in [2.05, 4.69) is 5.32 Å². The Morgan fingerprint density at radius 1 is 1.20 bits per heavy atom. The van der Waals surface area contributed by atoms with Crippen molar-refractivity contribution < 1.29 is 19.1 Å². The highest BCUT2D eigenvalue weighted by Gasteiger charge is 1.98. The number of rotatable bonds is 3. The Hall–Kier alpha value is -2.17. The summed E-state index contributed by atoms with van der Waals surface area (Å²) in [7, 11) is 0. The van der Waals surface area contributed by atoms with E-state index in [-0.39, 0.29) is 0 Å². The molecule has 0 heterocycles. The second-order valence-electron chi connectivity index (χ2n) is 2.67. The molecule has 0 saturated heterocycles. The van der Waals surface area contributed by atoms with E-state index in [1.54, 1.807) is 0 Å². The highest BCUT2D eigenvalue weighted by Crippen LogP contribution is 2.07. The number of carboxylic acids is 1. The molecule has 0 atom stereocenters. The summed E-state index contributed by atoms with van der Waals surface area (Å²) in [4.78, 5) is 21.1. The zero-order valence-electron chi connectivity index (χ0n) is 7.61. The molecule has 5 heteroatoms. The highest BCUT2D eigenvalue weighted by atomic mass is 19.1. The number of halogens is 1. The number of carbonyl (C=O) groups excluding carboxylic acids is 1. The van der Waals surface area contributed by atoms with E-state index in [0.717, 1.165) is 12.2 Å². The van der Waals surface area contributed by atoms with Crippen molar-refractivity contribution in [3.05, 3.63) is 42.2 Å². The van der Waals surface area contributed by atoms with E-state index in [4.69, 9.17) is 5.11 Å². The van der Waals surface area contributed by atoms with E-state index in [9.17, 15) is 14.0 Å². The second-order valence-corrected chi connectivity index (χ2v) is 2.67. The minimum atomic E-state index is -1.20. The van der Waals surface area contributed by atoms with Crippen LogP contribution in [-0.2, 0) is 9.59 Å². The zero-order chi connectivity index (χ0) is 11.3. The normalized spacial score (nSPS) is 10.2. The van der Waals surface area contributed by atoms with Gasteiger partial charge in [0.1, 0.15) is 5.82 Å². The third kappa shape index (κ3) is 4.04. The molecule has 0 aromatic heterocycles. The van der Waals surface area contributed by atoms with E-state index < -0.39 is 17.7 Å². The fourth-order valence-corrected chi connectivity index (χ4v) is 0.864. The number of benzene rings is 1. The number of carbonyl (C=O) groups is 2. The first kappa shape index (κ1) is 10.9. The first-order valence-corrected chi connectivity index (χ1v) is 4.05. The van der Waals surface area contributed by atoms with Gasteiger partial charge in [0, 0.05) is 17.8 Å². The predicted octanol–water partition coefficient (Wildman–Crippen LogP) is 1.40. The summed E-state index contributed by atoms with van der Waals surface area (Å²) in [5.41, 5.74) is 0.399. The number of carboxylic acid groups (broad SMARTS) is 1. The van der Waals surface area contributed by atoms with Gasteiger partial charge in [-0.25, -0.2) is 9.18 Å². The molecule has 1 aromatic carbocycles. The number of amides is 1. The van der Waals surface area contributed by atoms with Gasteiger partial charge in [0.05, 0.1) is 0 Å². The fourth-order valence-electron chi connectivity index (χ4n) is 0.864. The molecule has 0 fully saturated rings. The lowest BCUT2D eigenvalue weighted by molar-refractivity contribution is -0.131. The quantitative estimate of drug-likeness (QED) is 0.739. The van der Waals surface area contributed by atoms with Crippen LogP contribution in [0, 0.1) is 5.82 Å². The van der Waals surface area contributed by atoms with Crippen LogP contribution in [0.1, 0.15) is 0 Å². The summed E-state index contributed by atoms with van der Waals surface area (Å²) in [6.07, 6.45) is 1.60. The van der Waals surface area contributed by atoms with Gasteiger partial charge in [-0.15, -0.1) is 0 Å². The maximum atomic E-state index is 12.5. The van der Waals surface area contributed by atoms with Crippen LogP contribution in [0.4, 0.5) is 10.1 Å². The summed E-state index contributed by atoms with van der Waals surface area (Å²) in [6.45, 7) is 0. The van der Waals surface area contributed by atoms with Crippen LogP contribution < -0.4 is 5.32 Å². The van der Waals surface area contributed by atoms with E-state index in [0.29, 0.717) is 5.69 Å². The third-order valence-electron chi connectivity index (χ3n) is 1.49. The molecule has 0 aliphatic rings. The van der Waals surface area contributed by atoms with Crippen LogP contribution in [-0.4, -0.2) is 17.0 Å². The van der Waals surface area contributed by atoms with Crippen molar-refractivity contribution in [2.75, 3.05) is 5.32 Å². The predicted molar refractivity (Wildman–Crippen MR) is 51.8 cm³/mol. The maximum absolute atomic E-state index is 12.5. The van der Waals surface area contributed by atoms with Gasteiger partial charge in [0.2, 0.25) is 5.91 Å². The van der Waals surface area contributed by atoms with Crippen LogP contribution in [0.25, 0.3) is 0 Å². The molecule has 1 rings (SSSR count). The van der Waals surface area contributed by atoms with Gasteiger partial charge >= 0.3 is 5.97 Å². The lowest BCUT2D eigenvalue weighted by atomic mass is 10.3. The Morgan fingerprint density at radius 3 is 2.33 bits per heavy atom. The van der Waals surface area contributed by atoms with E-state index in [1.807, 2.05) is 0 Å². The molecule has 78 valence electrons. The molecule has 4 nitrogen and oxygen atoms in total. The van der Waals surface area contributed by atoms with Gasteiger partial charge in [-0.2, -0.15) is 0 Å². The monoisotopic (exact) mass is 209 g/mol. The third-order valence-corrected chi connectivity index (χ3v) is 1.49. The molecule has 0 spiro atoms. The average Bonchev–Trinajstić information content (AvgIpc) is 2.19. The topological polar surface area (TPSA) is 66.4 Å². The molecular formula is C10H8FNO3. The largest absolute Gasteiger partial charge is 0.478 e. The molecule has 0 aliphatic carbocycles. The van der Waals surface area contributed by atoms with Gasteiger partial charge < -0.3 is 10.4 Å². The smallest absolute Gasteiger partial charge is 0.328 e. The van der Waals surface area contributed by atoms with Gasteiger partial charge in [-0.1, -0.05) is 0 Å². The Bertz CT molecular complexity index is 398. The Labute approximate surface area is 85.0 Å². The van der Waals surface area contributed by atoms with Gasteiger partial charge in [0.15, 0.2) is 0 Å². The zero-order valence-corrected chi connectivity index (χ0v) is 7.61. The van der Waals surface area contributed by atoms with Crippen molar-refractivity contribution in [2.45, 2.75) is 0 Å². The van der Waals surface area contributed by atoms with E-state index >= 15 is 0 Å². The minimum absolute atomic E-state index is 0.399. The van der Waals surface area contributed by atoms with Gasteiger partial charge in [-0.05, 0) is 24.3 Å². The van der Waals surface area contributed by atoms with Crippen LogP contribution in [0.5, 0.6) is 0 Å². The summed E-state index contributed by atoms with van der Waals surface area (Å²) in [6, 6.07) is 5.14. The minimum Gasteiger partial charge on any atom is -0.478 e. The van der Waals surface area contributed by atoms with Crippen molar-refractivity contribution in [3.8, 4) is 0 Å². The molecule has 1 amide bonds. The fraction of sp³-hybridized carbons (Fsp3) is 0. The second kappa shape index (κ2) is 4.90. The summed E-state index contributed by atoms with van der Waals surface area (Å²) >= 11 is 0. The molecule has 0 unspecified atom stereocenters. The lowest BCUT2D eigenvalue weighted by Gasteiger charge is -2.00. The highest BCUT2D eigenvalue weighted by molar-refractivity contribution is 6.02. The van der Waals surface area contributed by atoms with Crippen LogP contribution in [0.15, 0.2) is 36.4 Å². The van der Waals surface area contributed by atoms with E-state index in [1.165, 1.54) is 24.3 Å². The number of hydrogen-bond donors (Lipinski definition) is 2. The molecule has 0 saturated carbocycles. The SMILES string of the molecule is O=C(O)/C=C\C(=O)Nc1ccc(F)cc1. The Kier molecular flexibility index (Phi) is 3.56. The van der Waals surface area contributed by atoms with Crippen molar-refractivity contribution in [1.82, 2.24) is 0 Å². The number of aliphatic carboxylic acids is 1. The lowest BCUT2D eigenvalue weighted by Crippen LogP contribution is -2.08. The molecule has 15 heavy (non-hydrogen) atoms.